The van der Waals surface area contributed by atoms with Crippen molar-refractivity contribution in [2.75, 3.05) is 0 Å². The van der Waals surface area contributed by atoms with Crippen LogP contribution in [0, 0.1) is 46.3 Å². The fourth-order valence-corrected chi connectivity index (χ4v) is 8.95. The first-order valence-corrected chi connectivity index (χ1v) is 12.1. The molecule has 164 valence electrons. The van der Waals surface area contributed by atoms with Gasteiger partial charge in [0.25, 0.3) is 6.47 Å². The SMILES string of the molecule is C[C@H](CCC(=O)O)[C@H]1CC[C@@H]2[C@@H]3CC[C@@H]4C[C@H](OC=O)CC[C@]4(C)[C@@H]3CC[C@@]21C. The predicted octanol–water partition coefficient (Wildman–Crippen LogP) is 5.69. The van der Waals surface area contributed by atoms with Crippen LogP contribution in [0.3, 0.4) is 0 Å². The Morgan fingerprint density at radius 1 is 1.07 bits per heavy atom. The van der Waals surface area contributed by atoms with Gasteiger partial charge < -0.3 is 9.84 Å². The number of hydrogen-bond acceptors (Lipinski definition) is 3. The fraction of sp³-hybridized carbons (Fsp3) is 0.920. The molecule has 4 fully saturated rings. The van der Waals surface area contributed by atoms with Crippen LogP contribution in [0.1, 0.15) is 91.4 Å². The lowest BCUT2D eigenvalue weighted by molar-refractivity contribution is -0.151. The molecule has 0 heterocycles. The van der Waals surface area contributed by atoms with Crippen LogP contribution in [0.15, 0.2) is 0 Å². The molecule has 4 nitrogen and oxygen atoms in total. The molecule has 0 aromatic carbocycles. The number of carbonyl (C=O) groups is 2. The van der Waals surface area contributed by atoms with Gasteiger partial charge in [-0.3, -0.25) is 9.59 Å². The van der Waals surface area contributed by atoms with Gasteiger partial charge in [-0.2, -0.15) is 0 Å². The number of aliphatic carboxylic acids is 1. The lowest BCUT2D eigenvalue weighted by atomic mass is 9.44. The number of fused-ring (bicyclic) bond motifs is 5. The number of carbonyl (C=O) groups excluding carboxylic acids is 1. The molecule has 0 amide bonds. The van der Waals surface area contributed by atoms with Gasteiger partial charge >= 0.3 is 5.97 Å². The van der Waals surface area contributed by atoms with Crippen molar-refractivity contribution in [1.29, 1.82) is 0 Å². The summed E-state index contributed by atoms with van der Waals surface area (Å²) in [6, 6.07) is 0. The molecule has 29 heavy (non-hydrogen) atoms. The highest BCUT2D eigenvalue weighted by Crippen LogP contribution is 2.68. The minimum Gasteiger partial charge on any atom is -0.481 e. The van der Waals surface area contributed by atoms with Gasteiger partial charge in [-0.25, -0.2) is 0 Å². The maximum absolute atomic E-state index is 11.1. The van der Waals surface area contributed by atoms with Crippen molar-refractivity contribution in [1.82, 2.24) is 0 Å². The first-order valence-electron chi connectivity index (χ1n) is 12.1. The molecule has 0 bridgehead atoms. The van der Waals surface area contributed by atoms with E-state index in [1.165, 1.54) is 44.9 Å². The smallest absolute Gasteiger partial charge is 0.303 e. The van der Waals surface area contributed by atoms with Crippen LogP contribution >= 0.6 is 0 Å². The molecule has 0 aromatic rings. The van der Waals surface area contributed by atoms with Gasteiger partial charge in [0.15, 0.2) is 0 Å². The van der Waals surface area contributed by atoms with E-state index in [9.17, 15) is 9.59 Å². The lowest BCUT2D eigenvalue weighted by Crippen LogP contribution is -2.54. The van der Waals surface area contributed by atoms with E-state index in [2.05, 4.69) is 20.8 Å². The summed E-state index contributed by atoms with van der Waals surface area (Å²) in [5, 5.41) is 9.12. The van der Waals surface area contributed by atoms with Crippen molar-refractivity contribution < 1.29 is 19.4 Å². The first-order chi connectivity index (χ1) is 13.8. The third kappa shape index (κ3) is 3.53. The van der Waals surface area contributed by atoms with E-state index in [4.69, 9.17) is 9.84 Å². The Morgan fingerprint density at radius 3 is 2.52 bits per heavy atom. The van der Waals surface area contributed by atoms with Crippen LogP contribution in [0.25, 0.3) is 0 Å². The average Bonchev–Trinajstić information content (AvgIpc) is 3.04. The normalized spacial score (nSPS) is 47.4. The van der Waals surface area contributed by atoms with Crippen LogP contribution in [0.4, 0.5) is 0 Å². The molecule has 0 aliphatic heterocycles. The lowest BCUT2D eigenvalue weighted by Gasteiger charge is -2.61. The van der Waals surface area contributed by atoms with E-state index >= 15 is 0 Å². The second-order valence-corrected chi connectivity index (χ2v) is 11.4. The van der Waals surface area contributed by atoms with E-state index < -0.39 is 5.97 Å². The summed E-state index contributed by atoms with van der Waals surface area (Å²) in [4.78, 5) is 21.9. The van der Waals surface area contributed by atoms with Crippen molar-refractivity contribution >= 4 is 12.4 Å². The van der Waals surface area contributed by atoms with Crippen molar-refractivity contribution in [2.45, 2.75) is 97.5 Å². The summed E-state index contributed by atoms with van der Waals surface area (Å²) >= 11 is 0. The molecule has 4 saturated carbocycles. The Morgan fingerprint density at radius 2 is 1.79 bits per heavy atom. The zero-order valence-corrected chi connectivity index (χ0v) is 18.6. The molecule has 0 saturated heterocycles. The summed E-state index contributed by atoms with van der Waals surface area (Å²) in [5.41, 5.74) is 0.820. The monoisotopic (exact) mass is 404 g/mol. The Kier molecular flexibility index (Phi) is 5.76. The van der Waals surface area contributed by atoms with E-state index in [-0.39, 0.29) is 6.10 Å². The van der Waals surface area contributed by atoms with Gasteiger partial charge in [0.2, 0.25) is 0 Å². The van der Waals surface area contributed by atoms with Crippen LogP contribution < -0.4 is 0 Å². The number of hydrogen-bond donors (Lipinski definition) is 1. The molecule has 4 rings (SSSR count). The maximum Gasteiger partial charge on any atom is 0.303 e. The van der Waals surface area contributed by atoms with Crippen LogP contribution in [0.5, 0.6) is 0 Å². The largest absolute Gasteiger partial charge is 0.481 e. The van der Waals surface area contributed by atoms with E-state index in [0.717, 1.165) is 37.0 Å². The zero-order valence-electron chi connectivity index (χ0n) is 18.6. The van der Waals surface area contributed by atoms with E-state index in [1.807, 2.05) is 0 Å². The summed E-state index contributed by atoms with van der Waals surface area (Å²) in [5.74, 6) is 3.75. The quantitative estimate of drug-likeness (QED) is 0.578. The second kappa shape index (κ2) is 7.89. The van der Waals surface area contributed by atoms with Crippen molar-refractivity contribution in [2.24, 2.45) is 46.3 Å². The number of carboxylic acid groups (broad SMARTS) is 1. The molecular weight excluding hydrogens is 364 g/mol. The molecule has 9 atom stereocenters. The summed E-state index contributed by atoms with van der Waals surface area (Å²) in [6.45, 7) is 8.05. The Labute approximate surface area is 176 Å². The van der Waals surface area contributed by atoms with Gasteiger partial charge in [-0.15, -0.1) is 0 Å². The van der Waals surface area contributed by atoms with Gasteiger partial charge in [-0.05, 0) is 111 Å². The minimum absolute atomic E-state index is 0.141. The average molecular weight is 405 g/mol. The topological polar surface area (TPSA) is 63.6 Å². The second-order valence-electron chi connectivity index (χ2n) is 11.4. The molecule has 0 unspecified atom stereocenters. The maximum atomic E-state index is 11.1. The molecule has 0 spiro atoms. The number of carboxylic acids is 1. The molecule has 4 heteroatoms. The molecule has 4 aliphatic rings. The van der Waals surface area contributed by atoms with Crippen LogP contribution in [0.2, 0.25) is 0 Å². The highest BCUT2D eigenvalue weighted by atomic mass is 16.5. The van der Waals surface area contributed by atoms with E-state index in [0.29, 0.717) is 41.5 Å². The Bertz CT molecular complexity index is 632. The Balaban J connectivity index is 1.48. The van der Waals surface area contributed by atoms with Gasteiger partial charge in [-0.1, -0.05) is 20.8 Å². The van der Waals surface area contributed by atoms with Crippen LogP contribution in [-0.4, -0.2) is 23.7 Å². The standard InChI is InChI=1S/C25H40O4/c1-16(4-9-23(27)28)20-7-8-21-19-6-5-17-14-18(29-15-26)10-12-24(17,2)22(19)11-13-25(20,21)3/h15-22H,4-14H2,1-3H3,(H,27,28)/t16-,17-,18-,19+,20-,21-,22-,24+,25-/m1/s1. The highest BCUT2D eigenvalue weighted by Gasteiger charge is 2.60. The van der Waals surface area contributed by atoms with Crippen molar-refractivity contribution in [3.63, 3.8) is 0 Å². The van der Waals surface area contributed by atoms with Crippen molar-refractivity contribution in [3.8, 4) is 0 Å². The molecule has 0 radical (unpaired) electrons. The summed E-state index contributed by atoms with van der Waals surface area (Å²) in [7, 11) is 0. The molecule has 4 aliphatic carbocycles. The third-order valence-corrected chi connectivity index (χ3v) is 10.4. The number of ether oxygens (including phenoxy) is 1. The van der Waals surface area contributed by atoms with Gasteiger partial charge in [0.05, 0.1) is 0 Å². The first kappa shape index (κ1) is 21.2. The summed E-state index contributed by atoms with van der Waals surface area (Å²) in [6.07, 6.45) is 12.5. The molecular formula is C25H40O4. The molecule has 1 N–H and O–H groups in total. The fourth-order valence-electron chi connectivity index (χ4n) is 8.95. The van der Waals surface area contributed by atoms with Crippen molar-refractivity contribution in [3.05, 3.63) is 0 Å². The molecule has 0 aromatic heterocycles. The number of rotatable bonds is 6. The summed E-state index contributed by atoms with van der Waals surface area (Å²) < 4.78 is 5.36. The Hall–Kier alpha value is -1.06. The van der Waals surface area contributed by atoms with Gasteiger partial charge in [0.1, 0.15) is 6.10 Å². The highest BCUT2D eigenvalue weighted by molar-refractivity contribution is 5.66. The zero-order chi connectivity index (χ0) is 20.8. The third-order valence-electron chi connectivity index (χ3n) is 10.4. The van der Waals surface area contributed by atoms with E-state index in [1.54, 1.807) is 0 Å². The predicted molar refractivity (Wildman–Crippen MR) is 112 cm³/mol. The van der Waals surface area contributed by atoms with Gasteiger partial charge in [0, 0.05) is 6.42 Å². The minimum atomic E-state index is -0.652. The van der Waals surface area contributed by atoms with Crippen LogP contribution in [-0.2, 0) is 14.3 Å².